The van der Waals surface area contributed by atoms with Crippen LogP contribution in [-0.2, 0) is 16.1 Å². The van der Waals surface area contributed by atoms with E-state index >= 15 is 0 Å². The van der Waals surface area contributed by atoms with Crippen molar-refractivity contribution in [1.29, 1.82) is 0 Å². The van der Waals surface area contributed by atoms with Gasteiger partial charge >= 0.3 is 18.0 Å². The van der Waals surface area contributed by atoms with Crippen molar-refractivity contribution < 1.29 is 33.8 Å². The lowest BCUT2D eigenvalue weighted by atomic mass is 9.97. The number of piperidine rings is 1. The summed E-state index contributed by atoms with van der Waals surface area (Å²) in [5, 5.41) is 13.7. The fraction of sp³-hybridized carbons (Fsp3) is 0.360. The fourth-order valence-corrected chi connectivity index (χ4v) is 5.35. The van der Waals surface area contributed by atoms with E-state index in [9.17, 15) is 24.3 Å². The number of urea groups is 1. The third kappa shape index (κ3) is 5.95. The molecule has 1 atom stereocenters. The van der Waals surface area contributed by atoms with Gasteiger partial charge in [-0.15, -0.1) is 21.1 Å². The number of aromatic carboxylic acids is 1. The van der Waals surface area contributed by atoms with Crippen LogP contribution in [0.25, 0.3) is 0 Å². The Morgan fingerprint density at radius 1 is 1.15 bits per heavy atom. The number of carboxylic acids is 1. The molecule has 2 fully saturated rings. The molecule has 2 aromatic heterocycles. The Kier molecular flexibility index (Phi) is 7.91. The molecule has 0 saturated carbocycles. The van der Waals surface area contributed by atoms with E-state index in [2.05, 4.69) is 10.1 Å². The Labute approximate surface area is 231 Å². The zero-order chi connectivity index (χ0) is 27.5. The molecule has 204 valence electrons. The highest BCUT2D eigenvalue weighted by molar-refractivity contribution is 7.16. The SMILES string of the molecule is O=C(O)c1cccc(C(=O)n2nc(C3CCC(=O)N(C(=O)N4CCOCC4)C3)nc2OCc2ccc(Cl)s2)c1. The van der Waals surface area contributed by atoms with Crippen LogP contribution in [0.3, 0.4) is 0 Å². The van der Waals surface area contributed by atoms with Gasteiger partial charge in [-0.1, -0.05) is 17.7 Å². The first-order valence-electron chi connectivity index (χ1n) is 12.2. The molecule has 5 rings (SSSR count). The van der Waals surface area contributed by atoms with E-state index in [1.807, 2.05) is 0 Å². The van der Waals surface area contributed by atoms with E-state index in [0.29, 0.717) is 37.1 Å². The molecular weight excluding hydrogens is 550 g/mol. The predicted molar refractivity (Wildman–Crippen MR) is 138 cm³/mol. The summed E-state index contributed by atoms with van der Waals surface area (Å²) in [5.74, 6) is -2.28. The number of aromatic nitrogens is 3. The lowest BCUT2D eigenvalue weighted by Crippen LogP contribution is -2.52. The minimum Gasteiger partial charge on any atom is -0.478 e. The van der Waals surface area contributed by atoms with Crippen molar-refractivity contribution in [1.82, 2.24) is 24.6 Å². The van der Waals surface area contributed by atoms with E-state index < -0.39 is 17.8 Å². The number of imide groups is 1. The summed E-state index contributed by atoms with van der Waals surface area (Å²) >= 11 is 7.33. The van der Waals surface area contributed by atoms with Gasteiger partial charge in [0.05, 0.1) is 23.1 Å². The van der Waals surface area contributed by atoms with Crippen molar-refractivity contribution in [3.8, 4) is 6.01 Å². The third-order valence-corrected chi connectivity index (χ3v) is 7.61. The maximum absolute atomic E-state index is 13.4. The van der Waals surface area contributed by atoms with Crippen LogP contribution in [-0.4, -0.2) is 86.3 Å². The highest BCUT2D eigenvalue weighted by atomic mass is 35.5. The zero-order valence-electron chi connectivity index (χ0n) is 20.6. The zero-order valence-corrected chi connectivity index (χ0v) is 22.2. The first kappa shape index (κ1) is 26.8. The number of hydrogen-bond donors (Lipinski definition) is 1. The van der Waals surface area contributed by atoms with Gasteiger partial charge in [0.15, 0.2) is 5.82 Å². The van der Waals surface area contributed by atoms with Crippen LogP contribution in [0.4, 0.5) is 4.79 Å². The monoisotopic (exact) mass is 573 g/mol. The van der Waals surface area contributed by atoms with Gasteiger partial charge in [-0.2, -0.15) is 4.98 Å². The molecule has 3 amide bonds. The highest BCUT2D eigenvalue weighted by Gasteiger charge is 2.36. The Balaban J connectivity index is 1.42. The van der Waals surface area contributed by atoms with E-state index in [1.54, 1.807) is 17.0 Å². The number of nitrogens with zero attached hydrogens (tertiary/aromatic N) is 5. The van der Waals surface area contributed by atoms with Crippen molar-refractivity contribution in [2.45, 2.75) is 25.4 Å². The molecule has 12 nitrogen and oxygen atoms in total. The summed E-state index contributed by atoms with van der Waals surface area (Å²) < 4.78 is 12.7. The lowest BCUT2D eigenvalue weighted by molar-refractivity contribution is -0.131. The number of carboxylic acid groups (broad SMARTS) is 1. The minimum absolute atomic E-state index is 0.0556. The Hall–Kier alpha value is -3.81. The molecular formula is C25H24ClN5O7S. The normalized spacial score (nSPS) is 17.8. The molecule has 3 aromatic rings. The van der Waals surface area contributed by atoms with Crippen molar-refractivity contribution in [2.75, 3.05) is 32.8 Å². The largest absolute Gasteiger partial charge is 0.478 e. The summed E-state index contributed by atoms with van der Waals surface area (Å²) in [7, 11) is 0. The summed E-state index contributed by atoms with van der Waals surface area (Å²) in [5.41, 5.74) is 0.0262. The minimum atomic E-state index is -1.17. The molecule has 1 unspecified atom stereocenters. The predicted octanol–water partition coefficient (Wildman–Crippen LogP) is 3.12. The number of carbonyl (C=O) groups excluding carboxylic acids is 3. The lowest BCUT2D eigenvalue weighted by Gasteiger charge is -2.35. The van der Waals surface area contributed by atoms with E-state index in [4.69, 9.17) is 21.1 Å². The molecule has 0 aliphatic carbocycles. The summed E-state index contributed by atoms with van der Waals surface area (Å²) in [6.45, 7) is 1.74. The Morgan fingerprint density at radius 3 is 2.64 bits per heavy atom. The molecule has 2 saturated heterocycles. The first-order chi connectivity index (χ1) is 18.8. The summed E-state index contributed by atoms with van der Waals surface area (Å²) in [6.07, 6.45) is 0.506. The van der Waals surface area contributed by atoms with Crippen molar-refractivity contribution in [3.63, 3.8) is 0 Å². The van der Waals surface area contributed by atoms with Crippen LogP contribution in [0.2, 0.25) is 4.34 Å². The van der Waals surface area contributed by atoms with Crippen molar-refractivity contribution in [2.24, 2.45) is 0 Å². The number of thiophene rings is 1. The fourth-order valence-electron chi connectivity index (χ4n) is 4.35. The Morgan fingerprint density at radius 2 is 1.92 bits per heavy atom. The van der Waals surface area contributed by atoms with E-state index in [0.717, 1.165) is 9.56 Å². The third-order valence-electron chi connectivity index (χ3n) is 6.40. The first-order valence-corrected chi connectivity index (χ1v) is 13.4. The average Bonchev–Trinajstić information content (AvgIpc) is 3.58. The van der Waals surface area contributed by atoms with Crippen LogP contribution < -0.4 is 4.74 Å². The van der Waals surface area contributed by atoms with Gasteiger partial charge in [-0.25, -0.2) is 9.59 Å². The molecule has 14 heteroatoms. The van der Waals surface area contributed by atoms with E-state index in [-0.39, 0.29) is 54.5 Å². The number of rotatable bonds is 6. The second kappa shape index (κ2) is 11.5. The maximum Gasteiger partial charge on any atom is 0.335 e. The second-order valence-corrected chi connectivity index (χ2v) is 10.8. The van der Waals surface area contributed by atoms with Gasteiger partial charge in [0.2, 0.25) is 5.91 Å². The van der Waals surface area contributed by atoms with Gasteiger partial charge in [0.1, 0.15) is 6.61 Å². The molecule has 0 radical (unpaired) electrons. The van der Waals surface area contributed by atoms with Crippen LogP contribution in [0, 0.1) is 0 Å². The van der Waals surface area contributed by atoms with Gasteiger partial charge in [0.25, 0.3) is 5.91 Å². The maximum atomic E-state index is 13.4. The number of amides is 3. The standard InChI is InChI=1S/C25H24ClN5O7S/c26-19-6-5-18(39-19)14-38-24-27-21(28-31(24)22(33)15-2-1-3-16(12-15)23(34)35)17-4-7-20(32)30(13-17)25(36)29-8-10-37-11-9-29/h1-3,5-6,12,17H,4,7-11,13-14H2,(H,34,35). The van der Waals surface area contributed by atoms with Gasteiger partial charge in [0, 0.05) is 42.4 Å². The van der Waals surface area contributed by atoms with Gasteiger partial charge in [-0.05, 0) is 36.8 Å². The average molecular weight is 574 g/mol. The number of carbonyl (C=O) groups is 4. The Bertz CT molecular complexity index is 1420. The molecule has 2 aliphatic heterocycles. The van der Waals surface area contributed by atoms with E-state index in [1.165, 1.54) is 40.5 Å². The quantitative estimate of drug-likeness (QED) is 0.470. The number of benzene rings is 1. The molecule has 0 spiro atoms. The molecule has 0 bridgehead atoms. The molecule has 1 N–H and O–H groups in total. The van der Waals surface area contributed by atoms with Crippen LogP contribution in [0.15, 0.2) is 36.4 Å². The van der Waals surface area contributed by atoms with Crippen LogP contribution >= 0.6 is 22.9 Å². The number of halogens is 1. The smallest absolute Gasteiger partial charge is 0.335 e. The van der Waals surface area contributed by atoms with Crippen molar-refractivity contribution in [3.05, 3.63) is 62.6 Å². The van der Waals surface area contributed by atoms with Crippen LogP contribution in [0.5, 0.6) is 6.01 Å². The second-order valence-electron chi connectivity index (χ2n) is 8.97. The number of ether oxygens (including phenoxy) is 2. The summed E-state index contributed by atoms with van der Waals surface area (Å²) in [4.78, 5) is 58.6. The molecule has 39 heavy (non-hydrogen) atoms. The summed E-state index contributed by atoms with van der Waals surface area (Å²) in [6, 6.07) is 8.59. The molecule has 2 aliphatic rings. The molecule has 4 heterocycles. The van der Waals surface area contributed by atoms with Crippen molar-refractivity contribution >= 4 is 46.8 Å². The van der Waals surface area contributed by atoms with Crippen LogP contribution in [0.1, 0.15) is 50.2 Å². The number of likely N-dealkylation sites (tertiary alicyclic amines) is 1. The highest BCUT2D eigenvalue weighted by Crippen LogP contribution is 2.29. The van der Waals surface area contributed by atoms with Gasteiger partial charge < -0.3 is 19.5 Å². The number of morpholine rings is 1. The molecule has 1 aromatic carbocycles. The number of hydrogen-bond acceptors (Lipinski definition) is 9. The topological polar surface area (TPSA) is 144 Å². The van der Waals surface area contributed by atoms with Gasteiger partial charge in [-0.3, -0.25) is 14.5 Å².